The van der Waals surface area contributed by atoms with Crippen LogP contribution in [0.15, 0.2) is 36.5 Å². The standard InChI is InChI=1S/C15H17FN2O/c1-18-7-2-3-12(18)10-17-14-6-8-19-15-5-4-11(16)9-13(14)15/h2-5,7,9,14,17H,6,8,10H2,1H3. The van der Waals surface area contributed by atoms with Crippen LogP contribution in [0.2, 0.25) is 0 Å². The second-order valence-electron chi connectivity index (χ2n) is 4.86. The lowest BCUT2D eigenvalue weighted by Gasteiger charge is -2.27. The average molecular weight is 260 g/mol. The first kappa shape index (κ1) is 12.2. The summed E-state index contributed by atoms with van der Waals surface area (Å²) in [6, 6.07) is 8.97. The van der Waals surface area contributed by atoms with Gasteiger partial charge < -0.3 is 14.6 Å². The molecule has 1 N–H and O–H groups in total. The predicted molar refractivity (Wildman–Crippen MR) is 71.5 cm³/mol. The third-order valence-corrected chi connectivity index (χ3v) is 3.59. The molecule has 100 valence electrons. The fourth-order valence-corrected chi connectivity index (χ4v) is 2.49. The van der Waals surface area contributed by atoms with Gasteiger partial charge in [0.2, 0.25) is 0 Å². The maximum atomic E-state index is 13.4. The highest BCUT2D eigenvalue weighted by molar-refractivity contribution is 5.38. The maximum Gasteiger partial charge on any atom is 0.124 e. The van der Waals surface area contributed by atoms with Crippen LogP contribution in [0.1, 0.15) is 23.7 Å². The molecule has 0 saturated carbocycles. The third-order valence-electron chi connectivity index (χ3n) is 3.59. The summed E-state index contributed by atoms with van der Waals surface area (Å²) < 4.78 is 21.0. The molecule has 1 aromatic carbocycles. The molecule has 1 unspecified atom stereocenters. The van der Waals surface area contributed by atoms with E-state index in [0.29, 0.717) is 6.61 Å². The summed E-state index contributed by atoms with van der Waals surface area (Å²) in [6.45, 7) is 1.44. The summed E-state index contributed by atoms with van der Waals surface area (Å²) in [6.07, 6.45) is 2.88. The number of hydrogen-bond donors (Lipinski definition) is 1. The van der Waals surface area contributed by atoms with E-state index in [0.717, 1.165) is 24.3 Å². The zero-order valence-corrected chi connectivity index (χ0v) is 10.9. The number of nitrogens with zero attached hydrogens (tertiary/aromatic N) is 1. The van der Waals surface area contributed by atoms with Crippen LogP contribution in [0.5, 0.6) is 5.75 Å². The van der Waals surface area contributed by atoms with Crippen molar-refractivity contribution in [1.29, 1.82) is 0 Å². The summed E-state index contributed by atoms with van der Waals surface area (Å²) in [7, 11) is 2.02. The topological polar surface area (TPSA) is 26.2 Å². The van der Waals surface area contributed by atoms with Gasteiger partial charge in [0.05, 0.1) is 6.61 Å². The van der Waals surface area contributed by atoms with Crippen molar-refractivity contribution in [2.24, 2.45) is 7.05 Å². The fraction of sp³-hybridized carbons (Fsp3) is 0.333. The van der Waals surface area contributed by atoms with E-state index in [1.807, 2.05) is 19.3 Å². The van der Waals surface area contributed by atoms with Crippen molar-refractivity contribution < 1.29 is 9.13 Å². The van der Waals surface area contributed by atoms with E-state index in [2.05, 4.69) is 16.0 Å². The van der Waals surface area contributed by atoms with Crippen LogP contribution >= 0.6 is 0 Å². The molecular weight excluding hydrogens is 243 g/mol. The molecule has 1 atom stereocenters. The zero-order valence-electron chi connectivity index (χ0n) is 10.9. The number of nitrogens with one attached hydrogen (secondary N) is 1. The van der Waals surface area contributed by atoms with Crippen molar-refractivity contribution >= 4 is 0 Å². The van der Waals surface area contributed by atoms with E-state index < -0.39 is 0 Å². The van der Waals surface area contributed by atoms with E-state index in [1.54, 1.807) is 12.1 Å². The average Bonchev–Trinajstić information content (AvgIpc) is 2.82. The van der Waals surface area contributed by atoms with Crippen molar-refractivity contribution in [2.75, 3.05) is 6.61 Å². The van der Waals surface area contributed by atoms with Gasteiger partial charge in [-0.25, -0.2) is 4.39 Å². The Balaban J connectivity index is 1.76. The summed E-state index contributed by atoms with van der Waals surface area (Å²) in [4.78, 5) is 0. The van der Waals surface area contributed by atoms with Crippen LogP contribution in [0.3, 0.4) is 0 Å². The predicted octanol–water partition coefficient (Wildman–Crippen LogP) is 2.78. The van der Waals surface area contributed by atoms with Crippen LogP contribution < -0.4 is 10.1 Å². The second-order valence-corrected chi connectivity index (χ2v) is 4.86. The molecule has 3 rings (SSSR count). The number of fused-ring (bicyclic) bond motifs is 1. The lowest BCUT2D eigenvalue weighted by atomic mass is 10.0. The number of benzene rings is 1. The fourth-order valence-electron chi connectivity index (χ4n) is 2.49. The molecule has 0 bridgehead atoms. The summed E-state index contributed by atoms with van der Waals surface area (Å²) in [5.41, 5.74) is 2.13. The Morgan fingerprint density at radius 3 is 3.11 bits per heavy atom. The van der Waals surface area contributed by atoms with Crippen molar-refractivity contribution in [3.63, 3.8) is 0 Å². The van der Waals surface area contributed by atoms with Gasteiger partial charge in [0.25, 0.3) is 0 Å². The van der Waals surface area contributed by atoms with E-state index in [-0.39, 0.29) is 11.9 Å². The van der Waals surface area contributed by atoms with Gasteiger partial charge in [-0.2, -0.15) is 0 Å². The number of aryl methyl sites for hydroxylation is 1. The smallest absolute Gasteiger partial charge is 0.124 e. The minimum absolute atomic E-state index is 0.148. The molecule has 0 spiro atoms. The zero-order chi connectivity index (χ0) is 13.2. The largest absolute Gasteiger partial charge is 0.493 e. The number of ether oxygens (including phenoxy) is 1. The molecule has 0 fully saturated rings. The van der Waals surface area contributed by atoms with E-state index >= 15 is 0 Å². The first-order valence-electron chi connectivity index (χ1n) is 6.50. The van der Waals surface area contributed by atoms with Gasteiger partial charge in [-0.3, -0.25) is 0 Å². The van der Waals surface area contributed by atoms with Gasteiger partial charge in [-0.1, -0.05) is 0 Å². The molecule has 1 aliphatic rings. The van der Waals surface area contributed by atoms with Crippen LogP contribution in [-0.2, 0) is 13.6 Å². The third kappa shape index (κ3) is 2.49. The van der Waals surface area contributed by atoms with Gasteiger partial charge in [0.1, 0.15) is 11.6 Å². The van der Waals surface area contributed by atoms with Crippen LogP contribution in [-0.4, -0.2) is 11.2 Å². The van der Waals surface area contributed by atoms with E-state index in [9.17, 15) is 4.39 Å². The number of aromatic nitrogens is 1. The quantitative estimate of drug-likeness (QED) is 0.918. The van der Waals surface area contributed by atoms with E-state index in [4.69, 9.17) is 4.74 Å². The normalized spacial score (nSPS) is 17.9. The molecule has 4 heteroatoms. The van der Waals surface area contributed by atoms with Gasteiger partial charge in [0.15, 0.2) is 0 Å². The SMILES string of the molecule is Cn1cccc1CNC1CCOc2ccc(F)cc21. The van der Waals surface area contributed by atoms with Gasteiger partial charge in [-0.15, -0.1) is 0 Å². The van der Waals surface area contributed by atoms with Gasteiger partial charge in [-0.05, 0) is 30.3 Å². The molecule has 0 saturated heterocycles. The monoisotopic (exact) mass is 260 g/mol. The molecular formula is C15H17FN2O. The molecule has 0 amide bonds. The Kier molecular flexibility index (Phi) is 3.25. The van der Waals surface area contributed by atoms with E-state index in [1.165, 1.54) is 11.8 Å². The highest BCUT2D eigenvalue weighted by Gasteiger charge is 2.21. The highest BCUT2D eigenvalue weighted by atomic mass is 19.1. The highest BCUT2D eigenvalue weighted by Crippen LogP contribution is 2.32. The Hall–Kier alpha value is -1.81. The van der Waals surface area contributed by atoms with Crippen molar-refractivity contribution in [1.82, 2.24) is 9.88 Å². The molecule has 1 aliphatic heterocycles. The summed E-state index contributed by atoms with van der Waals surface area (Å²) in [5, 5.41) is 3.48. The Morgan fingerprint density at radius 2 is 2.32 bits per heavy atom. The number of hydrogen-bond acceptors (Lipinski definition) is 2. The molecule has 0 aliphatic carbocycles. The number of halogens is 1. The first-order chi connectivity index (χ1) is 9.24. The van der Waals surface area contributed by atoms with Crippen LogP contribution in [0.4, 0.5) is 4.39 Å². The van der Waals surface area contributed by atoms with Gasteiger partial charge in [0, 0.05) is 43.5 Å². The maximum absolute atomic E-state index is 13.4. The molecule has 3 nitrogen and oxygen atoms in total. The van der Waals surface area contributed by atoms with Gasteiger partial charge >= 0.3 is 0 Å². The van der Waals surface area contributed by atoms with Crippen LogP contribution in [0, 0.1) is 5.82 Å². The molecule has 2 heterocycles. The van der Waals surface area contributed by atoms with Crippen LogP contribution in [0.25, 0.3) is 0 Å². The van der Waals surface area contributed by atoms with Crippen molar-refractivity contribution in [2.45, 2.75) is 19.0 Å². The Bertz CT molecular complexity index is 579. The second kappa shape index (κ2) is 5.05. The molecule has 2 aromatic rings. The Labute approximate surface area is 112 Å². The van der Waals surface area contributed by atoms with Crippen molar-refractivity contribution in [3.8, 4) is 5.75 Å². The first-order valence-corrected chi connectivity index (χ1v) is 6.50. The molecule has 19 heavy (non-hydrogen) atoms. The lowest BCUT2D eigenvalue weighted by molar-refractivity contribution is 0.251. The summed E-state index contributed by atoms with van der Waals surface area (Å²) in [5.74, 6) is 0.576. The minimum Gasteiger partial charge on any atom is -0.493 e. The minimum atomic E-state index is -0.213. The molecule has 1 aromatic heterocycles. The molecule has 0 radical (unpaired) electrons. The summed E-state index contributed by atoms with van der Waals surface area (Å²) >= 11 is 0. The Morgan fingerprint density at radius 1 is 1.42 bits per heavy atom. The lowest BCUT2D eigenvalue weighted by Crippen LogP contribution is -2.27. The number of rotatable bonds is 3. The van der Waals surface area contributed by atoms with Crippen molar-refractivity contribution in [3.05, 3.63) is 53.6 Å².